The molecule has 2 aromatic rings. The van der Waals surface area contributed by atoms with Gasteiger partial charge in [0, 0.05) is 30.2 Å². The number of carbonyl (C=O) groups is 2. The summed E-state index contributed by atoms with van der Waals surface area (Å²) in [6.45, 7) is 0.235. The summed E-state index contributed by atoms with van der Waals surface area (Å²) in [5, 5.41) is 13.3. The first-order valence-corrected chi connectivity index (χ1v) is 8.70. The van der Waals surface area contributed by atoms with Gasteiger partial charge < -0.3 is 15.3 Å². The number of hydrogen-bond donors (Lipinski definition) is 2. The van der Waals surface area contributed by atoms with Crippen LogP contribution in [0.5, 0.6) is 0 Å². The lowest BCUT2D eigenvalue weighted by Crippen LogP contribution is -2.52. The molecule has 0 saturated carbocycles. The highest BCUT2D eigenvalue weighted by Crippen LogP contribution is 2.28. The molecule has 0 bridgehead atoms. The lowest BCUT2D eigenvalue weighted by atomic mass is 10.0. The second-order valence-electron chi connectivity index (χ2n) is 6.33. The number of rotatable bonds is 5. The van der Waals surface area contributed by atoms with Crippen LogP contribution >= 0.6 is 11.6 Å². The lowest BCUT2D eigenvalue weighted by Gasteiger charge is -2.21. The maximum atomic E-state index is 13.3. The third-order valence-corrected chi connectivity index (χ3v) is 4.65. The van der Waals surface area contributed by atoms with Crippen LogP contribution in [-0.2, 0) is 16.0 Å². The molecule has 2 N–H and O–H groups in total. The van der Waals surface area contributed by atoms with Crippen LogP contribution in [0.3, 0.4) is 0 Å². The van der Waals surface area contributed by atoms with E-state index in [9.17, 15) is 23.5 Å². The fraction of sp³-hybridized carbons (Fsp3) is 0.263. The van der Waals surface area contributed by atoms with Crippen LogP contribution in [-0.4, -0.2) is 35.6 Å². The summed E-state index contributed by atoms with van der Waals surface area (Å²) in [7, 11) is 0. The van der Waals surface area contributed by atoms with E-state index in [1.54, 1.807) is 6.07 Å². The van der Waals surface area contributed by atoms with Crippen molar-refractivity contribution in [3.05, 3.63) is 64.7 Å². The molecule has 1 aliphatic rings. The molecule has 0 radical (unpaired) electrons. The van der Waals surface area contributed by atoms with Gasteiger partial charge in [-0.05, 0) is 54.4 Å². The fourth-order valence-electron chi connectivity index (χ4n) is 3.01. The summed E-state index contributed by atoms with van der Waals surface area (Å²) in [6, 6.07) is 9.25. The number of nitrogens with zero attached hydrogens (tertiary/aromatic N) is 1. The van der Waals surface area contributed by atoms with Gasteiger partial charge in [-0.2, -0.15) is 0 Å². The van der Waals surface area contributed by atoms with Gasteiger partial charge in [0.2, 0.25) is 5.60 Å². The van der Waals surface area contributed by atoms with Crippen LogP contribution < -0.4 is 10.2 Å². The van der Waals surface area contributed by atoms with E-state index in [4.69, 9.17) is 11.6 Å². The number of aliphatic hydroxyl groups is 1. The van der Waals surface area contributed by atoms with Crippen molar-refractivity contribution in [2.24, 2.45) is 0 Å². The van der Waals surface area contributed by atoms with Gasteiger partial charge >= 0.3 is 0 Å². The Bertz CT molecular complexity index is 856. The number of anilines is 1. The first kappa shape index (κ1) is 19.3. The Labute approximate surface area is 159 Å². The number of carbonyl (C=O) groups excluding carboxylic acids is 2. The standard InChI is InChI=1S/C19H17ClF2N2O3/c20-13-9-12(10-15(22)11-13)5-7-23-17(25)19(27)6-8-24(18(19)26)16-3-1-14(21)2-4-16/h1-4,9-11,27H,5-8H2,(H,23,25)/t19-/m0/s1. The monoisotopic (exact) mass is 394 g/mol. The van der Waals surface area contributed by atoms with E-state index in [2.05, 4.69) is 5.32 Å². The molecule has 142 valence electrons. The SMILES string of the molecule is O=C(NCCc1cc(F)cc(Cl)c1)[C@@]1(O)CCN(c2ccc(F)cc2)C1=O. The Morgan fingerprint density at radius 1 is 1.19 bits per heavy atom. The number of hydrogen-bond acceptors (Lipinski definition) is 3. The normalized spacial score (nSPS) is 19.4. The minimum absolute atomic E-state index is 0.0825. The van der Waals surface area contributed by atoms with E-state index in [-0.39, 0.29) is 31.0 Å². The van der Waals surface area contributed by atoms with Gasteiger partial charge in [0.15, 0.2) is 0 Å². The minimum atomic E-state index is -2.19. The maximum Gasteiger partial charge on any atom is 0.268 e. The van der Waals surface area contributed by atoms with Crippen LogP contribution in [0.1, 0.15) is 12.0 Å². The highest BCUT2D eigenvalue weighted by atomic mass is 35.5. The molecule has 2 aromatic carbocycles. The summed E-state index contributed by atoms with van der Waals surface area (Å²) in [5.41, 5.74) is -1.20. The molecule has 0 aromatic heterocycles. The van der Waals surface area contributed by atoms with Gasteiger partial charge in [-0.15, -0.1) is 0 Å². The number of nitrogens with one attached hydrogen (secondary N) is 1. The van der Waals surface area contributed by atoms with Crippen molar-refractivity contribution < 1.29 is 23.5 Å². The molecule has 1 fully saturated rings. The molecule has 0 spiro atoms. The van der Waals surface area contributed by atoms with Crippen LogP contribution in [0.15, 0.2) is 42.5 Å². The zero-order chi connectivity index (χ0) is 19.6. The highest BCUT2D eigenvalue weighted by molar-refractivity contribution is 6.30. The summed E-state index contributed by atoms with van der Waals surface area (Å²) in [6.07, 6.45) is 0.204. The molecule has 2 amide bonds. The summed E-state index contributed by atoms with van der Waals surface area (Å²) in [5.74, 6) is -2.51. The van der Waals surface area contributed by atoms with E-state index >= 15 is 0 Å². The second kappa shape index (κ2) is 7.62. The van der Waals surface area contributed by atoms with Crippen molar-refractivity contribution in [3.63, 3.8) is 0 Å². The van der Waals surface area contributed by atoms with Gasteiger partial charge in [-0.25, -0.2) is 8.78 Å². The Kier molecular flexibility index (Phi) is 5.43. The molecule has 3 rings (SSSR count). The quantitative estimate of drug-likeness (QED) is 0.765. The smallest absolute Gasteiger partial charge is 0.268 e. The predicted octanol–water partition coefficient (Wildman–Crippen LogP) is 2.44. The molecule has 1 aliphatic heterocycles. The Hall–Kier alpha value is -2.51. The average Bonchev–Trinajstić information content (AvgIpc) is 2.91. The zero-order valence-electron chi connectivity index (χ0n) is 14.2. The van der Waals surface area contributed by atoms with Crippen molar-refractivity contribution in [2.75, 3.05) is 18.0 Å². The first-order chi connectivity index (χ1) is 12.8. The van der Waals surface area contributed by atoms with Crippen molar-refractivity contribution in [2.45, 2.75) is 18.4 Å². The molecular weight excluding hydrogens is 378 g/mol. The van der Waals surface area contributed by atoms with Crippen LogP contribution in [0.2, 0.25) is 5.02 Å². The number of halogens is 3. The molecule has 8 heteroatoms. The van der Waals surface area contributed by atoms with Crippen LogP contribution in [0.25, 0.3) is 0 Å². The number of amides is 2. The third-order valence-electron chi connectivity index (χ3n) is 4.43. The molecule has 5 nitrogen and oxygen atoms in total. The largest absolute Gasteiger partial charge is 0.372 e. The van der Waals surface area contributed by atoms with Crippen molar-refractivity contribution in [1.29, 1.82) is 0 Å². The van der Waals surface area contributed by atoms with E-state index in [1.165, 1.54) is 41.3 Å². The summed E-state index contributed by atoms with van der Waals surface area (Å²) < 4.78 is 26.3. The van der Waals surface area contributed by atoms with E-state index in [0.717, 1.165) is 0 Å². The first-order valence-electron chi connectivity index (χ1n) is 8.33. The molecular formula is C19H17ClF2N2O3. The van der Waals surface area contributed by atoms with Gasteiger partial charge in [-0.1, -0.05) is 11.6 Å². The van der Waals surface area contributed by atoms with Crippen molar-refractivity contribution in [1.82, 2.24) is 5.32 Å². The second-order valence-corrected chi connectivity index (χ2v) is 6.76. The van der Waals surface area contributed by atoms with E-state index in [1.807, 2.05) is 0 Å². The van der Waals surface area contributed by atoms with Crippen LogP contribution in [0, 0.1) is 11.6 Å². The topological polar surface area (TPSA) is 69.6 Å². The lowest BCUT2D eigenvalue weighted by molar-refractivity contribution is -0.149. The molecule has 1 saturated heterocycles. The molecule has 1 heterocycles. The molecule has 0 unspecified atom stereocenters. The van der Waals surface area contributed by atoms with Crippen molar-refractivity contribution in [3.8, 4) is 0 Å². The summed E-state index contributed by atoms with van der Waals surface area (Å²) in [4.78, 5) is 26.1. The summed E-state index contributed by atoms with van der Waals surface area (Å²) >= 11 is 5.78. The Balaban J connectivity index is 1.62. The molecule has 1 atom stereocenters. The van der Waals surface area contributed by atoms with E-state index in [0.29, 0.717) is 11.3 Å². The average molecular weight is 395 g/mol. The highest BCUT2D eigenvalue weighted by Gasteiger charge is 2.51. The Morgan fingerprint density at radius 2 is 1.89 bits per heavy atom. The fourth-order valence-corrected chi connectivity index (χ4v) is 3.25. The molecule has 0 aliphatic carbocycles. The van der Waals surface area contributed by atoms with Crippen LogP contribution in [0.4, 0.5) is 14.5 Å². The van der Waals surface area contributed by atoms with Gasteiger partial charge in [0.05, 0.1) is 0 Å². The minimum Gasteiger partial charge on any atom is -0.372 e. The molecule has 27 heavy (non-hydrogen) atoms. The zero-order valence-corrected chi connectivity index (χ0v) is 15.0. The number of benzene rings is 2. The van der Waals surface area contributed by atoms with Gasteiger partial charge in [-0.3, -0.25) is 9.59 Å². The maximum absolute atomic E-state index is 13.3. The Morgan fingerprint density at radius 3 is 2.56 bits per heavy atom. The third kappa shape index (κ3) is 4.09. The van der Waals surface area contributed by atoms with E-state index < -0.39 is 29.0 Å². The van der Waals surface area contributed by atoms with Gasteiger partial charge in [0.25, 0.3) is 11.8 Å². The van der Waals surface area contributed by atoms with Crippen molar-refractivity contribution >= 4 is 29.1 Å². The van der Waals surface area contributed by atoms with Gasteiger partial charge in [0.1, 0.15) is 11.6 Å². The predicted molar refractivity (Wildman–Crippen MR) is 96.4 cm³/mol.